The molecule has 4 atom stereocenters. The van der Waals surface area contributed by atoms with Crippen molar-refractivity contribution in [3.63, 3.8) is 0 Å². The number of likely N-dealkylation sites (tertiary alicyclic amines) is 1. The molecule has 28 heavy (non-hydrogen) atoms. The van der Waals surface area contributed by atoms with Gasteiger partial charge in [0.15, 0.2) is 6.17 Å². The molecule has 2 saturated carbocycles. The zero-order valence-electron chi connectivity index (χ0n) is 15.2. The summed E-state index contributed by atoms with van der Waals surface area (Å²) < 4.78 is 47.3. The topological polar surface area (TPSA) is 58.6 Å². The fourth-order valence-corrected chi connectivity index (χ4v) is 5.46. The lowest BCUT2D eigenvalue weighted by Crippen LogP contribution is -2.60. The third kappa shape index (κ3) is 2.64. The van der Waals surface area contributed by atoms with E-state index in [0.717, 1.165) is 25.3 Å². The molecular formula is C20H21F3N2O3. The van der Waals surface area contributed by atoms with Crippen molar-refractivity contribution in [2.24, 2.45) is 11.8 Å². The molecular weight excluding hydrogens is 373 g/mol. The standard InChI is InChI=1S/C20H21F3N2O3/c21-13-2-1-3-15(16(13)18(26)25-9-14(22)17(25)23)24-19(27)20-7-10-4-11(8-20)6-12(5-10)28-20/h1-3,10-12,14,17H,4-9H2,(H,24,27). The summed E-state index contributed by atoms with van der Waals surface area (Å²) in [5.41, 5.74) is -1.44. The highest BCUT2D eigenvalue weighted by Gasteiger charge is 2.56. The van der Waals surface area contributed by atoms with Crippen LogP contribution in [0.1, 0.15) is 42.5 Å². The lowest BCUT2D eigenvalue weighted by molar-refractivity contribution is -0.215. The Bertz CT molecular complexity index is 811. The summed E-state index contributed by atoms with van der Waals surface area (Å²) in [6, 6.07) is 3.82. The number of rotatable bonds is 3. The minimum absolute atomic E-state index is 0.0381. The van der Waals surface area contributed by atoms with Crippen LogP contribution in [0.4, 0.5) is 18.9 Å². The van der Waals surface area contributed by atoms with Gasteiger partial charge in [0.25, 0.3) is 11.8 Å². The Kier molecular flexibility index (Phi) is 3.98. The van der Waals surface area contributed by atoms with Gasteiger partial charge in [0.1, 0.15) is 11.4 Å². The van der Waals surface area contributed by atoms with E-state index in [1.165, 1.54) is 12.1 Å². The maximum Gasteiger partial charge on any atom is 0.261 e. The predicted octanol–water partition coefficient (Wildman–Crippen LogP) is 3.20. The highest BCUT2D eigenvalue weighted by molar-refractivity contribution is 6.06. The maximum absolute atomic E-state index is 14.4. The van der Waals surface area contributed by atoms with Crippen LogP contribution in [-0.4, -0.2) is 47.4 Å². The molecule has 2 aliphatic carbocycles. The minimum atomic E-state index is -2.10. The van der Waals surface area contributed by atoms with Crippen LogP contribution in [0.5, 0.6) is 0 Å². The lowest BCUT2D eigenvalue weighted by atomic mass is 9.62. The zero-order chi connectivity index (χ0) is 19.6. The van der Waals surface area contributed by atoms with E-state index in [0.29, 0.717) is 29.6 Å². The molecule has 4 unspecified atom stereocenters. The summed E-state index contributed by atoms with van der Waals surface area (Å²) >= 11 is 0. The van der Waals surface area contributed by atoms with Crippen molar-refractivity contribution in [2.75, 3.05) is 11.9 Å². The van der Waals surface area contributed by atoms with Crippen LogP contribution >= 0.6 is 0 Å². The Morgan fingerprint density at radius 2 is 1.86 bits per heavy atom. The fourth-order valence-electron chi connectivity index (χ4n) is 5.46. The molecule has 0 radical (unpaired) electrons. The van der Waals surface area contributed by atoms with Gasteiger partial charge in [0.05, 0.1) is 23.9 Å². The van der Waals surface area contributed by atoms with Gasteiger partial charge in [-0.2, -0.15) is 0 Å². The average Bonchev–Trinajstić information content (AvgIpc) is 2.64. The molecule has 5 aliphatic rings. The molecule has 1 aromatic carbocycles. The molecule has 0 spiro atoms. The van der Waals surface area contributed by atoms with E-state index in [1.807, 2.05) is 0 Å². The van der Waals surface area contributed by atoms with Gasteiger partial charge in [-0.15, -0.1) is 0 Å². The number of benzene rings is 1. The van der Waals surface area contributed by atoms with E-state index in [1.54, 1.807) is 0 Å². The second-order valence-corrected chi connectivity index (χ2v) is 8.54. The van der Waals surface area contributed by atoms with E-state index in [4.69, 9.17) is 4.74 Å². The SMILES string of the molecule is O=C(c1c(F)cccc1NC(=O)C12CC3CC(CC(C3)O1)C2)N1CC(F)C1F. The number of anilines is 1. The molecule has 4 bridgehead atoms. The quantitative estimate of drug-likeness (QED) is 0.801. The highest BCUT2D eigenvalue weighted by Crippen LogP contribution is 2.53. The number of nitrogens with one attached hydrogen (secondary N) is 1. The normalized spacial score (nSPS) is 38.2. The molecule has 3 heterocycles. The van der Waals surface area contributed by atoms with Gasteiger partial charge in [-0.1, -0.05) is 6.07 Å². The summed E-state index contributed by atoms with van der Waals surface area (Å²) in [5, 5.41) is 2.65. The molecule has 1 N–H and O–H groups in total. The van der Waals surface area contributed by atoms with Gasteiger partial charge in [-0.25, -0.2) is 13.2 Å². The van der Waals surface area contributed by atoms with Crippen LogP contribution in [0.3, 0.4) is 0 Å². The molecule has 3 saturated heterocycles. The van der Waals surface area contributed by atoms with E-state index in [9.17, 15) is 22.8 Å². The first kappa shape index (κ1) is 18.0. The van der Waals surface area contributed by atoms with Crippen LogP contribution in [0, 0.1) is 17.7 Å². The Morgan fingerprint density at radius 3 is 2.46 bits per heavy atom. The van der Waals surface area contributed by atoms with E-state index < -0.39 is 47.8 Å². The summed E-state index contributed by atoms with van der Waals surface area (Å²) in [5.74, 6) is -1.36. The second-order valence-electron chi connectivity index (χ2n) is 8.54. The third-order valence-corrected chi connectivity index (χ3v) is 6.61. The second kappa shape index (κ2) is 6.20. The molecule has 5 nitrogen and oxygen atoms in total. The molecule has 3 aliphatic heterocycles. The molecule has 0 aromatic heterocycles. The fraction of sp³-hybridized carbons (Fsp3) is 0.600. The molecule has 8 heteroatoms. The Hall–Kier alpha value is -2.09. The number of hydrogen-bond donors (Lipinski definition) is 1. The lowest BCUT2D eigenvalue weighted by Gasteiger charge is -2.55. The van der Waals surface area contributed by atoms with Gasteiger partial charge >= 0.3 is 0 Å². The smallest absolute Gasteiger partial charge is 0.261 e. The summed E-state index contributed by atoms with van der Waals surface area (Å²) in [4.78, 5) is 26.3. The van der Waals surface area contributed by atoms with Crippen molar-refractivity contribution >= 4 is 17.5 Å². The van der Waals surface area contributed by atoms with Gasteiger partial charge in [0, 0.05) is 0 Å². The molecule has 1 aromatic rings. The maximum atomic E-state index is 14.4. The number of carbonyl (C=O) groups is 2. The largest absolute Gasteiger partial charge is 0.362 e. The van der Waals surface area contributed by atoms with Crippen LogP contribution in [0.25, 0.3) is 0 Å². The summed E-state index contributed by atoms with van der Waals surface area (Å²) in [7, 11) is 0. The Balaban J connectivity index is 1.41. The number of alkyl halides is 2. The van der Waals surface area contributed by atoms with Gasteiger partial charge in [-0.3, -0.25) is 9.59 Å². The first-order chi connectivity index (χ1) is 13.4. The van der Waals surface area contributed by atoms with E-state index in [2.05, 4.69) is 5.32 Å². The van der Waals surface area contributed by atoms with Crippen molar-refractivity contribution in [3.8, 4) is 0 Å². The van der Waals surface area contributed by atoms with Crippen LogP contribution < -0.4 is 5.32 Å². The number of amides is 2. The van der Waals surface area contributed by atoms with Crippen molar-refractivity contribution in [2.45, 2.75) is 56.3 Å². The number of halogens is 3. The molecule has 2 amide bonds. The monoisotopic (exact) mass is 394 g/mol. The first-order valence-electron chi connectivity index (χ1n) is 9.73. The zero-order valence-corrected chi connectivity index (χ0v) is 15.2. The molecule has 150 valence electrons. The van der Waals surface area contributed by atoms with E-state index in [-0.39, 0.29) is 11.8 Å². The van der Waals surface area contributed by atoms with Crippen molar-refractivity contribution < 1.29 is 27.5 Å². The molecule has 5 fully saturated rings. The first-order valence-corrected chi connectivity index (χ1v) is 9.73. The van der Waals surface area contributed by atoms with Gasteiger partial charge in [0.2, 0.25) is 6.30 Å². The average molecular weight is 394 g/mol. The third-order valence-electron chi connectivity index (χ3n) is 6.61. The van der Waals surface area contributed by atoms with Crippen molar-refractivity contribution in [1.82, 2.24) is 4.90 Å². The number of carbonyl (C=O) groups excluding carboxylic acids is 2. The summed E-state index contributed by atoms with van der Waals surface area (Å²) in [6.45, 7) is -0.431. The number of hydrogen-bond acceptors (Lipinski definition) is 3. The number of nitrogens with zero attached hydrogens (tertiary/aromatic N) is 1. The van der Waals surface area contributed by atoms with Crippen LogP contribution in [0.2, 0.25) is 0 Å². The number of ether oxygens (including phenoxy) is 1. The van der Waals surface area contributed by atoms with Crippen LogP contribution in [0.15, 0.2) is 18.2 Å². The Morgan fingerprint density at radius 1 is 1.14 bits per heavy atom. The van der Waals surface area contributed by atoms with Gasteiger partial charge < -0.3 is 15.0 Å². The van der Waals surface area contributed by atoms with E-state index >= 15 is 0 Å². The summed E-state index contributed by atoms with van der Waals surface area (Å²) in [6.07, 6.45) is 0.477. The molecule has 6 rings (SSSR count). The van der Waals surface area contributed by atoms with Crippen molar-refractivity contribution in [3.05, 3.63) is 29.6 Å². The minimum Gasteiger partial charge on any atom is -0.362 e. The van der Waals surface area contributed by atoms with Crippen LogP contribution in [-0.2, 0) is 9.53 Å². The van der Waals surface area contributed by atoms with Gasteiger partial charge in [-0.05, 0) is 56.1 Å². The highest BCUT2D eigenvalue weighted by atomic mass is 19.2. The Labute approximate surface area is 160 Å². The van der Waals surface area contributed by atoms with Crippen molar-refractivity contribution in [1.29, 1.82) is 0 Å². The predicted molar refractivity (Wildman–Crippen MR) is 93.5 cm³/mol.